The summed E-state index contributed by atoms with van der Waals surface area (Å²) in [6, 6.07) is 5.13. The van der Waals surface area contributed by atoms with Crippen LogP contribution in [0.2, 0.25) is 0 Å². The molecule has 0 radical (unpaired) electrons. The van der Waals surface area contributed by atoms with E-state index in [-0.39, 0.29) is 17.7 Å². The summed E-state index contributed by atoms with van der Waals surface area (Å²) >= 11 is 0. The molecule has 0 aliphatic carbocycles. The van der Waals surface area contributed by atoms with E-state index in [1.165, 1.54) is 35.3 Å². The third-order valence-corrected chi connectivity index (χ3v) is 2.67. The van der Waals surface area contributed by atoms with Crippen LogP contribution in [0.25, 0.3) is 0 Å². The van der Waals surface area contributed by atoms with E-state index in [0.717, 1.165) is 6.07 Å². The van der Waals surface area contributed by atoms with Crippen LogP contribution < -0.4 is 5.56 Å². The van der Waals surface area contributed by atoms with Crippen molar-refractivity contribution in [2.45, 2.75) is 6.54 Å². The Kier molecular flexibility index (Phi) is 3.56. The molecule has 0 aliphatic rings. The van der Waals surface area contributed by atoms with Gasteiger partial charge in [-0.25, -0.2) is 9.78 Å². The Morgan fingerprint density at radius 1 is 1.40 bits per heavy atom. The van der Waals surface area contributed by atoms with Crippen LogP contribution in [0.1, 0.15) is 15.9 Å². The minimum absolute atomic E-state index is 0.101. The van der Waals surface area contributed by atoms with Crippen LogP contribution in [0.15, 0.2) is 41.6 Å². The number of nitrogens with zero attached hydrogens (tertiary/aromatic N) is 3. The van der Waals surface area contributed by atoms with Gasteiger partial charge in [-0.2, -0.15) is 0 Å². The Bertz CT molecular complexity index is 738. The van der Waals surface area contributed by atoms with E-state index in [4.69, 9.17) is 5.11 Å². The van der Waals surface area contributed by atoms with Crippen molar-refractivity contribution in [2.75, 3.05) is 0 Å². The van der Waals surface area contributed by atoms with Crippen LogP contribution in [0, 0.1) is 10.1 Å². The molecular weight excluding hydrogens is 266 g/mol. The van der Waals surface area contributed by atoms with Gasteiger partial charge < -0.3 is 5.11 Å². The third-order valence-electron chi connectivity index (χ3n) is 2.67. The molecule has 0 spiro atoms. The number of rotatable bonds is 4. The van der Waals surface area contributed by atoms with Gasteiger partial charge in [0.05, 0.1) is 17.8 Å². The lowest BCUT2D eigenvalue weighted by Gasteiger charge is -2.08. The number of hydrogen-bond donors (Lipinski definition) is 1. The first-order valence-electron chi connectivity index (χ1n) is 5.50. The highest BCUT2D eigenvalue weighted by atomic mass is 16.6. The van der Waals surface area contributed by atoms with Gasteiger partial charge in [-0.1, -0.05) is 12.1 Å². The number of nitro groups is 1. The van der Waals surface area contributed by atoms with Gasteiger partial charge >= 0.3 is 5.97 Å². The van der Waals surface area contributed by atoms with Crippen molar-refractivity contribution in [3.8, 4) is 0 Å². The first-order chi connectivity index (χ1) is 9.50. The minimum Gasteiger partial charge on any atom is -0.477 e. The second-order valence-corrected chi connectivity index (χ2v) is 3.92. The van der Waals surface area contributed by atoms with Gasteiger partial charge in [0.2, 0.25) is 0 Å². The number of nitro benzene ring substituents is 1. The average molecular weight is 275 g/mol. The molecule has 102 valence electrons. The van der Waals surface area contributed by atoms with Crippen molar-refractivity contribution < 1.29 is 14.8 Å². The molecule has 8 nitrogen and oxygen atoms in total. The second kappa shape index (κ2) is 5.31. The van der Waals surface area contributed by atoms with Crippen molar-refractivity contribution in [3.63, 3.8) is 0 Å². The molecule has 1 heterocycles. The zero-order chi connectivity index (χ0) is 14.7. The summed E-state index contributed by atoms with van der Waals surface area (Å²) in [5, 5.41) is 20.0. The van der Waals surface area contributed by atoms with E-state index in [9.17, 15) is 19.7 Å². The predicted octanol–water partition coefficient (Wildman–Crippen LogP) is 0.898. The first kappa shape index (κ1) is 13.4. The second-order valence-electron chi connectivity index (χ2n) is 3.92. The largest absolute Gasteiger partial charge is 0.477 e. The molecule has 0 bridgehead atoms. The molecule has 0 unspecified atom stereocenters. The van der Waals surface area contributed by atoms with Gasteiger partial charge in [-0.05, 0) is 5.56 Å². The quantitative estimate of drug-likeness (QED) is 0.654. The molecule has 0 fully saturated rings. The molecule has 8 heteroatoms. The number of aromatic nitrogens is 2. The Labute approximate surface area is 112 Å². The Morgan fingerprint density at radius 3 is 2.75 bits per heavy atom. The van der Waals surface area contributed by atoms with E-state index < -0.39 is 22.1 Å². The maximum absolute atomic E-state index is 11.6. The van der Waals surface area contributed by atoms with E-state index in [0.29, 0.717) is 0 Å². The van der Waals surface area contributed by atoms with E-state index in [2.05, 4.69) is 4.98 Å². The van der Waals surface area contributed by atoms with Gasteiger partial charge in [0, 0.05) is 18.3 Å². The Morgan fingerprint density at radius 2 is 2.15 bits per heavy atom. The lowest BCUT2D eigenvalue weighted by molar-refractivity contribution is -0.385. The number of hydrogen-bond acceptors (Lipinski definition) is 5. The SMILES string of the molecule is O=C(O)c1c(Cn2cnccc2=O)cccc1[N+](=O)[O-]. The Hall–Kier alpha value is -3.03. The van der Waals surface area contributed by atoms with Crippen LogP contribution in [0.5, 0.6) is 0 Å². The predicted molar refractivity (Wildman–Crippen MR) is 67.7 cm³/mol. The summed E-state index contributed by atoms with van der Waals surface area (Å²) in [5.41, 5.74) is -1.13. The number of aromatic carboxylic acids is 1. The van der Waals surface area contributed by atoms with Crippen LogP contribution in [-0.2, 0) is 6.54 Å². The maximum atomic E-state index is 11.6. The molecule has 20 heavy (non-hydrogen) atoms. The van der Waals surface area contributed by atoms with E-state index in [1.54, 1.807) is 0 Å². The van der Waals surface area contributed by atoms with Crippen LogP contribution in [-0.4, -0.2) is 25.6 Å². The fourth-order valence-electron chi connectivity index (χ4n) is 1.80. The van der Waals surface area contributed by atoms with Gasteiger partial charge in [0.15, 0.2) is 0 Å². The van der Waals surface area contributed by atoms with E-state index in [1.807, 2.05) is 0 Å². The summed E-state index contributed by atoms with van der Waals surface area (Å²) < 4.78 is 1.17. The van der Waals surface area contributed by atoms with Gasteiger partial charge in [-0.3, -0.25) is 19.5 Å². The van der Waals surface area contributed by atoms with Crippen LogP contribution in [0.3, 0.4) is 0 Å². The van der Waals surface area contributed by atoms with Crippen molar-refractivity contribution in [3.05, 3.63) is 68.4 Å². The number of benzene rings is 1. The number of carbonyl (C=O) groups is 1. The normalized spacial score (nSPS) is 10.2. The fraction of sp³-hybridized carbons (Fsp3) is 0.0833. The summed E-state index contributed by atoms with van der Waals surface area (Å²) in [6.07, 6.45) is 2.55. The smallest absolute Gasteiger partial charge is 0.343 e. The number of carboxylic acid groups (broad SMARTS) is 1. The molecule has 0 atom stereocenters. The third kappa shape index (κ3) is 2.53. The molecule has 1 N–H and O–H groups in total. The first-order valence-corrected chi connectivity index (χ1v) is 5.50. The molecule has 1 aromatic carbocycles. The summed E-state index contributed by atoms with van der Waals surface area (Å²) in [6.45, 7) is -0.101. The van der Waals surface area contributed by atoms with Crippen molar-refractivity contribution >= 4 is 11.7 Å². The minimum atomic E-state index is -1.41. The zero-order valence-electron chi connectivity index (χ0n) is 10.1. The maximum Gasteiger partial charge on any atom is 0.343 e. The van der Waals surface area contributed by atoms with Crippen molar-refractivity contribution in [1.82, 2.24) is 9.55 Å². The van der Waals surface area contributed by atoms with Gasteiger partial charge in [0.25, 0.3) is 11.2 Å². The molecule has 0 amide bonds. The lowest BCUT2D eigenvalue weighted by Crippen LogP contribution is -2.21. The highest BCUT2D eigenvalue weighted by molar-refractivity contribution is 5.94. The molecular formula is C12H9N3O5. The molecule has 2 aromatic rings. The summed E-state index contributed by atoms with van der Waals surface area (Å²) in [4.78, 5) is 36.6. The molecule has 0 saturated heterocycles. The summed E-state index contributed by atoms with van der Waals surface area (Å²) in [5.74, 6) is -1.41. The standard InChI is InChI=1S/C12H9N3O5/c16-10-4-5-13-7-14(10)6-8-2-1-3-9(15(19)20)11(8)12(17)18/h1-5,7H,6H2,(H,17,18). The number of carboxylic acids is 1. The molecule has 1 aromatic heterocycles. The van der Waals surface area contributed by atoms with Crippen LogP contribution in [0.4, 0.5) is 5.69 Å². The highest BCUT2D eigenvalue weighted by Gasteiger charge is 2.23. The topological polar surface area (TPSA) is 115 Å². The van der Waals surface area contributed by atoms with Crippen molar-refractivity contribution in [2.24, 2.45) is 0 Å². The molecule has 0 aliphatic heterocycles. The van der Waals surface area contributed by atoms with Crippen molar-refractivity contribution in [1.29, 1.82) is 0 Å². The fourth-order valence-corrected chi connectivity index (χ4v) is 1.80. The monoisotopic (exact) mass is 275 g/mol. The van der Waals surface area contributed by atoms with Crippen LogP contribution >= 0.6 is 0 Å². The highest BCUT2D eigenvalue weighted by Crippen LogP contribution is 2.22. The molecule has 0 saturated carbocycles. The Balaban J connectivity index is 2.55. The zero-order valence-corrected chi connectivity index (χ0v) is 10.1. The average Bonchev–Trinajstić information content (AvgIpc) is 2.40. The van der Waals surface area contributed by atoms with E-state index >= 15 is 0 Å². The summed E-state index contributed by atoms with van der Waals surface area (Å²) in [7, 11) is 0. The van der Waals surface area contributed by atoms with Gasteiger partial charge in [-0.15, -0.1) is 0 Å². The lowest BCUT2D eigenvalue weighted by atomic mass is 10.1. The van der Waals surface area contributed by atoms with Gasteiger partial charge in [0.1, 0.15) is 5.56 Å². The molecule has 2 rings (SSSR count).